The van der Waals surface area contributed by atoms with E-state index >= 15 is 0 Å². The van der Waals surface area contributed by atoms with E-state index in [0.29, 0.717) is 13.0 Å². The maximum Gasteiger partial charge on any atom is 0.391 e. The molecule has 66 valence electrons. The summed E-state index contributed by atoms with van der Waals surface area (Å²) in [6.45, 7) is 0.395. The van der Waals surface area contributed by atoms with Crippen molar-refractivity contribution in [3.8, 4) is 0 Å². The van der Waals surface area contributed by atoms with Crippen LogP contribution in [0.25, 0.3) is 0 Å². The van der Waals surface area contributed by atoms with Crippen LogP contribution in [-0.4, -0.2) is 12.7 Å². The summed E-state index contributed by atoms with van der Waals surface area (Å²) in [6.07, 6.45) is -2.85. The first-order valence-corrected chi connectivity index (χ1v) is 3.81. The Labute approximate surface area is 63.8 Å². The quantitative estimate of drug-likeness (QED) is 0.634. The lowest BCUT2D eigenvalue weighted by molar-refractivity contribution is -0.173. The van der Waals surface area contributed by atoms with Crippen molar-refractivity contribution in [1.82, 2.24) is 0 Å². The summed E-state index contributed by atoms with van der Waals surface area (Å²) >= 11 is 0. The van der Waals surface area contributed by atoms with E-state index in [1.165, 1.54) is 0 Å². The number of halogens is 3. The molecule has 0 unspecified atom stereocenters. The molecule has 0 saturated heterocycles. The van der Waals surface area contributed by atoms with Crippen LogP contribution in [0.5, 0.6) is 0 Å². The third-order valence-corrected chi connectivity index (χ3v) is 2.34. The van der Waals surface area contributed by atoms with Crippen molar-refractivity contribution in [3.63, 3.8) is 0 Å². The Bertz CT molecular complexity index is 132. The maximum absolute atomic E-state index is 12.0. The van der Waals surface area contributed by atoms with E-state index in [4.69, 9.17) is 5.73 Å². The molecule has 1 aliphatic carbocycles. The average molecular weight is 167 g/mol. The molecule has 2 atom stereocenters. The van der Waals surface area contributed by atoms with E-state index < -0.39 is 12.1 Å². The van der Waals surface area contributed by atoms with Gasteiger partial charge in [0.25, 0.3) is 0 Å². The van der Waals surface area contributed by atoms with Crippen LogP contribution in [-0.2, 0) is 0 Å². The Balaban J connectivity index is 2.42. The van der Waals surface area contributed by atoms with Gasteiger partial charge in [0.2, 0.25) is 0 Å². The van der Waals surface area contributed by atoms with Gasteiger partial charge in [-0.3, -0.25) is 0 Å². The van der Waals surface area contributed by atoms with E-state index in [9.17, 15) is 13.2 Å². The van der Waals surface area contributed by atoms with Crippen LogP contribution in [0.3, 0.4) is 0 Å². The Morgan fingerprint density at radius 2 is 1.91 bits per heavy atom. The van der Waals surface area contributed by atoms with E-state index in [0.717, 1.165) is 0 Å². The molecular weight excluding hydrogens is 155 g/mol. The van der Waals surface area contributed by atoms with Gasteiger partial charge in [-0.15, -0.1) is 0 Å². The summed E-state index contributed by atoms with van der Waals surface area (Å²) < 4.78 is 36.1. The molecule has 11 heavy (non-hydrogen) atoms. The fraction of sp³-hybridized carbons (Fsp3) is 1.00. The van der Waals surface area contributed by atoms with Crippen molar-refractivity contribution in [1.29, 1.82) is 0 Å². The lowest BCUT2D eigenvalue weighted by Crippen LogP contribution is -2.21. The third kappa shape index (κ3) is 2.09. The van der Waals surface area contributed by atoms with Crippen LogP contribution in [0.4, 0.5) is 13.2 Å². The molecule has 2 N–H and O–H groups in total. The van der Waals surface area contributed by atoms with Crippen LogP contribution in [0.2, 0.25) is 0 Å². The number of nitrogens with two attached hydrogens (primary N) is 1. The zero-order chi connectivity index (χ0) is 8.48. The predicted octanol–water partition coefficient (Wildman–Crippen LogP) is 1.92. The van der Waals surface area contributed by atoms with E-state index in [1.807, 2.05) is 0 Å². The summed E-state index contributed by atoms with van der Waals surface area (Å²) in [6, 6.07) is 0. The molecule has 0 aromatic heterocycles. The molecule has 0 bridgehead atoms. The van der Waals surface area contributed by atoms with Crippen molar-refractivity contribution in [2.45, 2.75) is 25.4 Å². The Morgan fingerprint density at radius 3 is 2.18 bits per heavy atom. The van der Waals surface area contributed by atoms with Crippen LogP contribution in [0.1, 0.15) is 19.3 Å². The third-order valence-electron chi connectivity index (χ3n) is 2.34. The molecule has 1 fully saturated rings. The second-order valence-electron chi connectivity index (χ2n) is 3.15. The zero-order valence-corrected chi connectivity index (χ0v) is 6.19. The van der Waals surface area contributed by atoms with Gasteiger partial charge in [-0.05, 0) is 31.7 Å². The molecular formula is C7H12F3N. The first-order valence-electron chi connectivity index (χ1n) is 3.81. The minimum absolute atomic E-state index is 0.0987. The molecule has 0 aromatic rings. The molecule has 0 spiro atoms. The first kappa shape index (κ1) is 8.84. The van der Waals surface area contributed by atoms with Gasteiger partial charge in [0.1, 0.15) is 0 Å². The standard InChI is InChI=1S/C7H12F3N/c8-7(9,10)6-2-1-5(3-6)4-11/h5-6H,1-4,11H2/t5-,6-/m0/s1. The first-order chi connectivity index (χ1) is 5.04. The normalized spacial score (nSPS) is 32.7. The molecule has 0 amide bonds. The van der Waals surface area contributed by atoms with Crippen LogP contribution in [0, 0.1) is 11.8 Å². The fourth-order valence-corrected chi connectivity index (χ4v) is 1.59. The largest absolute Gasteiger partial charge is 0.391 e. The highest BCUT2D eigenvalue weighted by molar-refractivity contribution is 4.80. The predicted molar refractivity (Wildman–Crippen MR) is 35.9 cm³/mol. The number of hydrogen-bond acceptors (Lipinski definition) is 1. The second-order valence-corrected chi connectivity index (χ2v) is 3.15. The Morgan fingerprint density at radius 1 is 1.27 bits per heavy atom. The maximum atomic E-state index is 12.0. The zero-order valence-electron chi connectivity index (χ0n) is 6.19. The SMILES string of the molecule is NC[C@H]1CC[C@H](C(F)(F)F)C1. The van der Waals surface area contributed by atoms with Gasteiger partial charge in [-0.2, -0.15) is 13.2 Å². The second kappa shape index (κ2) is 3.01. The van der Waals surface area contributed by atoms with Crippen molar-refractivity contribution >= 4 is 0 Å². The van der Waals surface area contributed by atoms with Gasteiger partial charge in [0.15, 0.2) is 0 Å². The molecule has 0 heterocycles. The van der Waals surface area contributed by atoms with Crippen molar-refractivity contribution in [2.75, 3.05) is 6.54 Å². The van der Waals surface area contributed by atoms with Gasteiger partial charge in [0, 0.05) is 0 Å². The van der Waals surface area contributed by atoms with Crippen LogP contribution in [0.15, 0.2) is 0 Å². The van der Waals surface area contributed by atoms with E-state index in [2.05, 4.69) is 0 Å². The van der Waals surface area contributed by atoms with Crippen LogP contribution >= 0.6 is 0 Å². The lowest BCUT2D eigenvalue weighted by atomic mass is 10.1. The van der Waals surface area contributed by atoms with E-state index in [-0.39, 0.29) is 18.8 Å². The minimum Gasteiger partial charge on any atom is -0.330 e. The van der Waals surface area contributed by atoms with Crippen molar-refractivity contribution < 1.29 is 13.2 Å². The average Bonchev–Trinajstić information content (AvgIpc) is 2.32. The van der Waals surface area contributed by atoms with Gasteiger partial charge >= 0.3 is 6.18 Å². The summed E-state index contributed by atoms with van der Waals surface area (Å²) in [7, 11) is 0. The van der Waals surface area contributed by atoms with Crippen molar-refractivity contribution in [3.05, 3.63) is 0 Å². The van der Waals surface area contributed by atoms with Crippen LogP contribution < -0.4 is 5.73 Å². The number of rotatable bonds is 1. The molecule has 0 radical (unpaired) electrons. The van der Waals surface area contributed by atoms with Gasteiger partial charge in [-0.25, -0.2) is 0 Å². The Hall–Kier alpha value is -0.250. The topological polar surface area (TPSA) is 26.0 Å². The summed E-state index contributed by atoms with van der Waals surface area (Å²) in [5.74, 6) is -0.988. The summed E-state index contributed by atoms with van der Waals surface area (Å²) in [5.41, 5.74) is 5.27. The lowest BCUT2D eigenvalue weighted by Gasteiger charge is -2.13. The number of hydrogen-bond donors (Lipinski definition) is 1. The molecule has 1 saturated carbocycles. The van der Waals surface area contributed by atoms with Crippen molar-refractivity contribution in [2.24, 2.45) is 17.6 Å². The molecule has 0 aliphatic heterocycles. The van der Waals surface area contributed by atoms with Gasteiger partial charge in [-0.1, -0.05) is 0 Å². The Kier molecular flexibility index (Phi) is 2.42. The van der Waals surface area contributed by atoms with E-state index in [1.54, 1.807) is 0 Å². The summed E-state index contributed by atoms with van der Waals surface area (Å²) in [5, 5.41) is 0. The van der Waals surface area contributed by atoms with Gasteiger partial charge in [0.05, 0.1) is 5.92 Å². The number of alkyl halides is 3. The minimum atomic E-state index is -4.00. The van der Waals surface area contributed by atoms with Gasteiger partial charge < -0.3 is 5.73 Å². The smallest absolute Gasteiger partial charge is 0.330 e. The summed E-state index contributed by atoms with van der Waals surface area (Å²) in [4.78, 5) is 0. The monoisotopic (exact) mass is 167 g/mol. The highest BCUT2D eigenvalue weighted by atomic mass is 19.4. The molecule has 1 rings (SSSR count). The molecule has 4 heteroatoms. The molecule has 1 aliphatic rings. The fourth-order valence-electron chi connectivity index (χ4n) is 1.59. The molecule has 1 nitrogen and oxygen atoms in total. The highest BCUT2D eigenvalue weighted by Crippen LogP contribution is 2.41. The molecule has 0 aromatic carbocycles. The highest BCUT2D eigenvalue weighted by Gasteiger charge is 2.43.